The van der Waals surface area contributed by atoms with Crippen molar-refractivity contribution in [2.75, 3.05) is 33.1 Å². The van der Waals surface area contributed by atoms with Crippen molar-refractivity contribution in [3.05, 3.63) is 118 Å². The summed E-state index contributed by atoms with van der Waals surface area (Å²) in [6, 6.07) is 26.2. The van der Waals surface area contributed by atoms with Crippen molar-refractivity contribution >= 4 is 78.6 Å². The Morgan fingerprint density at radius 2 is 1.47 bits per heavy atom. The van der Waals surface area contributed by atoms with Crippen LogP contribution in [0.25, 0.3) is 0 Å². The second kappa shape index (κ2) is 20.9. The Hall–Kier alpha value is -5.65. The number of ketones is 2. The van der Waals surface area contributed by atoms with Gasteiger partial charge in [0, 0.05) is 25.1 Å². The van der Waals surface area contributed by atoms with E-state index in [9.17, 15) is 28.8 Å². The van der Waals surface area contributed by atoms with E-state index < -0.39 is 51.3 Å². The van der Waals surface area contributed by atoms with Gasteiger partial charge in [0.05, 0.1) is 42.6 Å². The van der Waals surface area contributed by atoms with E-state index in [1.165, 1.54) is 17.0 Å². The number of halogens is 1. The summed E-state index contributed by atoms with van der Waals surface area (Å²) in [5.74, 6) is -3.02. The molecular formula is C46H46BClN2O12S2. The van der Waals surface area contributed by atoms with E-state index in [4.69, 9.17) is 48.0 Å². The summed E-state index contributed by atoms with van der Waals surface area (Å²) < 4.78 is 31.5. The number of methoxy groups -OCH3 is 2. The Morgan fingerprint density at radius 3 is 2.05 bits per heavy atom. The fourth-order valence-electron chi connectivity index (χ4n) is 6.89. The third-order valence-electron chi connectivity index (χ3n) is 10.2. The van der Waals surface area contributed by atoms with Gasteiger partial charge in [0.15, 0.2) is 15.6 Å². The van der Waals surface area contributed by atoms with Crippen LogP contribution < -0.4 is 18.9 Å². The minimum Gasteiger partial charge on any atom is -0.542 e. The Morgan fingerprint density at radius 1 is 0.859 bits per heavy atom. The van der Waals surface area contributed by atoms with Crippen LogP contribution in [-0.4, -0.2) is 101 Å². The van der Waals surface area contributed by atoms with Gasteiger partial charge in [-0.3, -0.25) is 24.0 Å². The second-order valence-corrected chi connectivity index (χ2v) is 19.2. The molecule has 0 N–H and O–H groups in total. The number of amides is 3. The molecule has 0 bridgehead atoms. The molecule has 4 aromatic carbocycles. The van der Waals surface area contributed by atoms with Crippen molar-refractivity contribution in [2.24, 2.45) is 5.92 Å². The fraction of sp³-hybridized carbons (Fsp3) is 0.348. The van der Waals surface area contributed by atoms with Gasteiger partial charge in [-0.15, -0.1) is 23.5 Å². The van der Waals surface area contributed by atoms with Crippen molar-refractivity contribution < 1.29 is 57.1 Å². The maximum Gasteiger partial charge on any atom is 0.417 e. The van der Waals surface area contributed by atoms with Gasteiger partial charge < -0.3 is 33.2 Å². The molecular weight excluding hydrogens is 883 g/mol. The van der Waals surface area contributed by atoms with E-state index in [1.807, 2.05) is 42.5 Å². The third-order valence-corrected chi connectivity index (χ3v) is 13.8. The molecule has 1 unspecified atom stereocenters. The number of β-lactam (4-membered cyclic amide) rings is 1. The van der Waals surface area contributed by atoms with Gasteiger partial charge in [0.2, 0.25) is 5.91 Å². The molecule has 4 aromatic rings. The highest BCUT2D eigenvalue weighted by Crippen LogP contribution is 2.55. The number of imide groups is 1. The van der Waals surface area contributed by atoms with Crippen LogP contribution in [0, 0.1) is 5.92 Å². The first-order chi connectivity index (χ1) is 30.6. The van der Waals surface area contributed by atoms with Gasteiger partial charge in [-0.2, -0.15) is 0 Å². The molecule has 18 heteroatoms. The quantitative estimate of drug-likeness (QED) is 0.0400. The summed E-state index contributed by atoms with van der Waals surface area (Å²) in [6.45, 7) is 4.36. The molecule has 2 fully saturated rings. The highest BCUT2D eigenvalue weighted by molar-refractivity contribution is 8.20. The number of benzene rings is 4. The number of carbonyl (C=O) groups excluding carboxylic acids is 6. The molecule has 3 atom stereocenters. The van der Waals surface area contributed by atoms with Crippen LogP contribution in [0.4, 0.5) is 4.79 Å². The topological polar surface area (TPSA) is 164 Å². The Balaban J connectivity index is 1.20. The minimum absolute atomic E-state index is 0.00488. The first-order valence-electron chi connectivity index (χ1n) is 20.1. The van der Waals surface area contributed by atoms with Crippen LogP contribution in [0.15, 0.2) is 91.0 Å². The normalized spacial score (nSPS) is 17.7. The van der Waals surface area contributed by atoms with Gasteiger partial charge in [0.1, 0.15) is 36.1 Å². The van der Waals surface area contributed by atoms with E-state index in [2.05, 4.69) is 0 Å². The van der Waals surface area contributed by atoms with Crippen LogP contribution in [0.2, 0.25) is 5.02 Å². The summed E-state index contributed by atoms with van der Waals surface area (Å²) in [5, 5.41) is -0.758. The number of thioether (sulfide) groups is 2. The van der Waals surface area contributed by atoms with Crippen LogP contribution in [-0.2, 0) is 48.2 Å². The molecule has 2 saturated heterocycles. The van der Waals surface area contributed by atoms with E-state index in [1.54, 1.807) is 71.4 Å². The highest BCUT2D eigenvalue weighted by Gasteiger charge is 2.62. The average molecular weight is 929 g/mol. The molecule has 64 heavy (non-hydrogen) atoms. The number of ether oxygens (including phenoxy) is 5. The number of Topliss-reactive ketones (excluding diaryl/α,β-unsaturated/α-hetero) is 2. The number of carbonyl (C=O) groups is 6. The van der Waals surface area contributed by atoms with Crippen LogP contribution in [0.5, 0.6) is 23.0 Å². The average Bonchev–Trinajstić information content (AvgIpc) is 3.64. The van der Waals surface area contributed by atoms with Crippen LogP contribution in [0.3, 0.4) is 0 Å². The van der Waals surface area contributed by atoms with Gasteiger partial charge in [-0.25, -0.2) is 9.69 Å². The Labute approximate surface area is 386 Å². The lowest BCUT2D eigenvalue weighted by atomic mass is 9.90. The van der Waals surface area contributed by atoms with Crippen molar-refractivity contribution in [3.8, 4) is 23.0 Å². The lowest BCUT2D eigenvalue weighted by Gasteiger charge is -2.41. The second-order valence-electron chi connectivity index (χ2n) is 15.8. The Bertz CT molecular complexity index is 2370. The molecule has 0 aromatic heterocycles. The van der Waals surface area contributed by atoms with Gasteiger partial charge in [0.25, 0.3) is 5.78 Å². The molecule has 0 aliphatic carbocycles. The first-order valence-corrected chi connectivity index (χ1v) is 22.3. The van der Waals surface area contributed by atoms with Crippen molar-refractivity contribution in [3.63, 3.8) is 0 Å². The molecule has 2 aliphatic rings. The largest absolute Gasteiger partial charge is 0.542 e. The van der Waals surface area contributed by atoms with Crippen molar-refractivity contribution in [2.45, 2.75) is 61.9 Å². The highest BCUT2D eigenvalue weighted by atomic mass is 35.5. The zero-order valence-corrected chi connectivity index (χ0v) is 38.2. The third kappa shape index (κ3) is 11.3. The maximum atomic E-state index is 14.2. The summed E-state index contributed by atoms with van der Waals surface area (Å²) in [6.07, 6.45) is -0.981. The summed E-state index contributed by atoms with van der Waals surface area (Å²) in [5.41, 5.74) is 1.00. The Kier molecular flexibility index (Phi) is 15.6. The first kappa shape index (κ1) is 47.8. The number of nitrogens with zero attached hydrogens (tertiary/aromatic N) is 2. The van der Waals surface area contributed by atoms with Gasteiger partial charge >= 0.3 is 26.0 Å². The summed E-state index contributed by atoms with van der Waals surface area (Å²) >= 11 is 9.00. The molecule has 14 nitrogen and oxygen atoms in total. The predicted molar refractivity (Wildman–Crippen MR) is 242 cm³/mol. The number of rotatable bonds is 19. The molecule has 0 spiro atoms. The lowest BCUT2D eigenvalue weighted by Crippen LogP contribution is -2.57. The molecule has 3 amide bonds. The monoisotopic (exact) mass is 928 g/mol. The molecule has 2 aliphatic heterocycles. The zero-order valence-electron chi connectivity index (χ0n) is 35.8. The minimum atomic E-state index is -1.47. The van der Waals surface area contributed by atoms with E-state index in [0.29, 0.717) is 16.4 Å². The SMILES string of the molecule is [B]OC(=O)[C@@]1(SCCN(C(=O)OC(C)(C)C)C(=O)C(=O)c2ccc(OCc3ccc(OC)cc3)c(OCc3ccc(OC)cc3)c2Cl)CN2C(=O)C(CC(=O)Cc3ccccc3)[C@H]2S1. The molecule has 6 rings (SSSR count). The van der Waals surface area contributed by atoms with Crippen molar-refractivity contribution in [1.29, 1.82) is 0 Å². The summed E-state index contributed by atoms with van der Waals surface area (Å²) in [4.78, 5) is 83.6. The fourth-order valence-corrected chi connectivity index (χ4v) is 10.4. The van der Waals surface area contributed by atoms with Gasteiger partial charge in [-0.05, 0) is 73.9 Å². The lowest BCUT2D eigenvalue weighted by molar-refractivity contribution is -0.152. The number of hydrogen-bond acceptors (Lipinski definition) is 14. The van der Waals surface area contributed by atoms with E-state index in [0.717, 1.165) is 40.2 Å². The molecule has 2 heterocycles. The molecule has 334 valence electrons. The van der Waals surface area contributed by atoms with E-state index >= 15 is 0 Å². The summed E-state index contributed by atoms with van der Waals surface area (Å²) in [7, 11) is 8.50. The standard InChI is InChI=1S/C46H46BClN2O12S2/c1-45(2,3)61-44(56)49(21-22-63-46(43(55)62-47)27-50-40(53)35(42(50)64-46)24-31(51)23-28-9-7-6-8-10-28)41(54)38(52)34-19-20-36(59-25-29-11-15-32(57-4)16-12-29)39(37(34)48)60-26-30-13-17-33(58-5)18-14-30/h6-20,35,42H,21-27H2,1-5H3/t35?,42-,46-/m1/s1. The molecule has 2 radical (unpaired) electrons. The van der Waals surface area contributed by atoms with Crippen LogP contribution in [0.1, 0.15) is 54.2 Å². The zero-order chi connectivity index (χ0) is 46.2. The smallest absolute Gasteiger partial charge is 0.417 e. The molecule has 0 saturated carbocycles. The number of fused-ring (bicyclic) bond motifs is 1. The maximum absolute atomic E-state index is 14.2. The number of hydrogen-bond donors (Lipinski definition) is 0. The van der Waals surface area contributed by atoms with Gasteiger partial charge in [-0.1, -0.05) is 66.2 Å². The predicted octanol–water partition coefficient (Wildman–Crippen LogP) is 7.25. The van der Waals surface area contributed by atoms with Crippen molar-refractivity contribution in [1.82, 2.24) is 9.80 Å². The van der Waals surface area contributed by atoms with E-state index in [-0.39, 0.29) is 72.1 Å². The van der Waals surface area contributed by atoms with Crippen LogP contribution >= 0.6 is 35.1 Å².